The molecule has 1 heterocycles. The summed E-state index contributed by atoms with van der Waals surface area (Å²) in [5.41, 5.74) is 0. The van der Waals surface area contributed by atoms with Gasteiger partial charge in [-0.05, 0) is 12.8 Å². The van der Waals surface area contributed by atoms with Gasteiger partial charge in [0.15, 0.2) is 0 Å². The zero-order chi connectivity index (χ0) is 9.84. The highest BCUT2D eigenvalue weighted by Gasteiger charge is 2.29. The zero-order valence-corrected chi connectivity index (χ0v) is 9.61. The summed E-state index contributed by atoms with van der Waals surface area (Å²) in [4.78, 5) is 12.8. The Morgan fingerprint density at radius 3 is 3.00 bits per heavy atom. The van der Waals surface area contributed by atoms with Crippen molar-refractivity contribution >= 4 is 26.5 Å². The molecule has 0 saturated carbocycles. The Morgan fingerprint density at radius 1 is 1.85 bits per heavy atom. The summed E-state index contributed by atoms with van der Waals surface area (Å²) in [5.74, 6) is 0.233. The summed E-state index contributed by atoms with van der Waals surface area (Å²) in [6.07, 6.45) is 2.91. The number of hydrogen-bond acceptors (Lipinski definition) is 2. The van der Waals surface area contributed by atoms with Crippen LogP contribution in [0.1, 0.15) is 12.8 Å². The van der Waals surface area contributed by atoms with E-state index in [1.54, 1.807) is 33.6 Å². The Morgan fingerprint density at radius 2 is 2.54 bits per heavy atom. The number of halogens is 1. The van der Waals surface area contributed by atoms with E-state index < -0.39 is 0 Å². The molecule has 0 aromatic carbocycles. The molecule has 1 N–H and O–H groups in total. The van der Waals surface area contributed by atoms with E-state index in [0.717, 1.165) is 13.0 Å². The van der Waals surface area contributed by atoms with Crippen LogP contribution in [0.2, 0.25) is 0 Å². The van der Waals surface area contributed by atoms with Gasteiger partial charge in [0.05, 0.1) is 6.10 Å². The molecule has 1 unspecified atom stereocenters. The molecule has 74 valence electrons. The van der Waals surface area contributed by atoms with Crippen LogP contribution in [-0.4, -0.2) is 33.1 Å². The molecule has 2 atom stereocenters. The first-order valence-corrected chi connectivity index (χ1v) is 5.46. The van der Waals surface area contributed by atoms with Gasteiger partial charge in [-0.25, -0.2) is 0 Å². The first-order chi connectivity index (χ1) is 6.15. The summed E-state index contributed by atoms with van der Waals surface area (Å²) in [6.45, 7) is 5.05. The van der Waals surface area contributed by atoms with E-state index in [9.17, 15) is 9.90 Å². The minimum atomic E-state index is -0.335. The number of likely N-dealkylation sites (tertiary alicyclic amines) is 1. The molecule has 1 aliphatic rings. The Bertz CT molecular complexity index is 208. The van der Waals surface area contributed by atoms with Gasteiger partial charge in [0, 0.05) is 41.6 Å². The first-order valence-electron chi connectivity index (χ1n) is 4.38. The van der Waals surface area contributed by atoms with Gasteiger partial charge in [-0.2, -0.15) is 0 Å². The van der Waals surface area contributed by atoms with E-state index in [1.165, 1.54) is 0 Å². The second-order valence-electron chi connectivity index (χ2n) is 3.34. The van der Waals surface area contributed by atoms with Crippen molar-refractivity contribution in [2.24, 2.45) is 5.92 Å². The Balaban J connectivity index is 2.40. The van der Waals surface area contributed by atoms with Crippen molar-refractivity contribution in [1.82, 2.24) is 4.90 Å². The van der Waals surface area contributed by atoms with Crippen molar-refractivity contribution in [3.63, 3.8) is 0 Å². The maximum absolute atomic E-state index is 11.0. The molecule has 4 heteroatoms. The van der Waals surface area contributed by atoms with Crippen molar-refractivity contribution in [1.29, 1.82) is 0 Å². The minimum absolute atomic E-state index is 0.0749. The maximum Gasteiger partial charge on any atom is 0.283 e. The van der Waals surface area contributed by atoms with Crippen LogP contribution in [0.25, 0.3) is 0 Å². The Hall–Kier alpha value is -0.100. The number of rotatable bonds is 3. The second-order valence-corrected chi connectivity index (χ2v) is 4.26. The van der Waals surface area contributed by atoms with Gasteiger partial charge in [-0.15, -0.1) is 6.58 Å². The van der Waals surface area contributed by atoms with Crippen LogP contribution in [0.3, 0.4) is 0 Å². The minimum Gasteiger partial charge on any atom is -0.392 e. The third-order valence-corrected chi connectivity index (χ3v) is 3.11. The van der Waals surface area contributed by atoms with Gasteiger partial charge in [0.25, 0.3) is 3.91 Å². The van der Waals surface area contributed by atoms with Crippen molar-refractivity contribution in [3.8, 4) is 0 Å². The van der Waals surface area contributed by atoms with Crippen molar-refractivity contribution in [2.45, 2.75) is 18.9 Å². The van der Waals surface area contributed by atoms with Gasteiger partial charge in [0.2, 0.25) is 0 Å². The standard InChI is InChI=1S/C9H14INO2/c1-2-3-8(12)7-4-5-11(6-7)9(10)13/h2,7-8,12H,1,3-6H2/t7-,8?/m0/s1. The quantitative estimate of drug-likeness (QED) is 0.373. The van der Waals surface area contributed by atoms with E-state index >= 15 is 0 Å². The molecule has 0 aliphatic carbocycles. The van der Waals surface area contributed by atoms with Gasteiger partial charge in [-0.1, -0.05) is 6.08 Å². The number of amides is 1. The molecule has 0 aromatic heterocycles. The van der Waals surface area contributed by atoms with Crippen LogP contribution in [-0.2, 0) is 0 Å². The summed E-state index contributed by atoms with van der Waals surface area (Å²) >= 11 is 1.78. The molecule has 3 nitrogen and oxygen atoms in total. The Labute approximate surface area is 91.9 Å². The SMILES string of the molecule is C=CCC(O)[C@H]1CCN(C(=O)I)C1. The topological polar surface area (TPSA) is 40.5 Å². The number of nitrogens with zero attached hydrogens (tertiary/aromatic N) is 1. The number of carbonyl (C=O) groups is 1. The summed E-state index contributed by atoms with van der Waals surface area (Å²) < 4.78 is 0.0749. The van der Waals surface area contributed by atoms with Crippen molar-refractivity contribution in [3.05, 3.63) is 12.7 Å². The molecule has 0 aromatic rings. The maximum atomic E-state index is 11.0. The third-order valence-electron chi connectivity index (χ3n) is 2.43. The molecular formula is C9H14INO2. The fourth-order valence-electron chi connectivity index (χ4n) is 1.62. The van der Waals surface area contributed by atoms with Crippen molar-refractivity contribution < 1.29 is 9.90 Å². The molecule has 1 aliphatic heterocycles. The molecule has 0 radical (unpaired) electrons. The molecule has 1 saturated heterocycles. The van der Waals surface area contributed by atoms with Crippen LogP contribution in [0.4, 0.5) is 4.79 Å². The summed E-state index contributed by atoms with van der Waals surface area (Å²) in [7, 11) is 0. The van der Waals surface area contributed by atoms with Crippen LogP contribution in [0.15, 0.2) is 12.7 Å². The average Bonchev–Trinajstić information content (AvgIpc) is 2.52. The lowest BCUT2D eigenvalue weighted by molar-refractivity contribution is 0.115. The number of aliphatic hydroxyl groups excluding tert-OH is 1. The highest BCUT2D eigenvalue weighted by Crippen LogP contribution is 2.23. The lowest BCUT2D eigenvalue weighted by Gasteiger charge is -2.16. The molecule has 13 heavy (non-hydrogen) atoms. The molecule has 1 rings (SSSR count). The zero-order valence-electron chi connectivity index (χ0n) is 7.45. The monoisotopic (exact) mass is 295 g/mol. The molecule has 1 amide bonds. The highest BCUT2D eigenvalue weighted by atomic mass is 127. The van der Waals surface area contributed by atoms with E-state index in [4.69, 9.17) is 0 Å². The van der Waals surface area contributed by atoms with E-state index in [0.29, 0.717) is 13.0 Å². The lowest BCUT2D eigenvalue weighted by Crippen LogP contribution is -2.26. The number of aliphatic hydroxyl groups is 1. The van der Waals surface area contributed by atoms with Crippen LogP contribution in [0, 0.1) is 5.92 Å². The lowest BCUT2D eigenvalue weighted by atomic mass is 9.99. The van der Waals surface area contributed by atoms with Crippen molar-refractivity contribution in [2.75, 3.05) is 13.1 Å². The predicted octanol–water partition coefficient (Wildman–Crippen LogP) is 1.80. The van der Waals surface area contributed by atoms with Gasteiger partial charge in [-0.3, -0.25) is 4.79 Å². The predicted molar refractivity (Wildman–Crippen MR) is 59.9 cm³/mol. The molecule has 0 bridgehead atoms. The number of hydrogen-bond donors (Lipinski definition) is 1. The Kier molecular flexibility index (Phi) is 4.18. The summed E-state index contributed by atoms with van der Waals surface area (Å²) in [6, 6.07) is 0. The summed E-state index contributed by atoms with van der Waals surface area (Å²) in [5, 5.41) is 9.64. The van der Waals surface area contributed by atoms with Gasteiger partial charge >= 0.3 is 0 Å². The third kappa shape index (κ3) is 2.95. The van der Waals surface area contributed by atoms with E-state index in [2.05, 4.69) is 6.58 Å². The largest absolute Gasteiger partial charge is 0.392 e. The smallest absolute Gasteiger partial charge is 0.283 e. The molecule has 1 fully saturated rings. The number of carbonyl (C=O) groups excluding carboxylic acids is 1. The van der Waals surface area contributed by atoms with Gasteiger partial charge in [0.1, 0.15) is 0 Å². The van der Waals surface area contributed by atoms with Crippen LogP contribution < -0.4 is 0 Å². The molecule has 0 spiro atoms. The van der Waals surface area contributed by atoms with Crippen LogP contribution >= 0.6 is 22.6 Å². The highest BCUT2D eigenvalue weighted by molar-refractivity contribution is 14.1. The van der Waals surface area contributed by atoms with E-state index in [1.807, 2.05) is 0 Å². The fraction of sp³-hybridized carbons (Fsp3) is 0.667. The van der Waals surface area contributed by atoms with E-state index in [-0.39, 0.29) is 15.9 Å². The normalized spacial score (nSPS) is 24.5. The fourth-order valence-corrected chi connectivity index (χ4v) is 2.06. The van der Waals surface area contributed by atoms with Gasteiger partial charge < -0.3 is 10.0 Å². The first kappa shape index (κ1) is 11.0. The average molecular weight is 295 g/mol. The second kappa shape index (κ2) is 4.95. The molecular weight excluding hydrogens is 281 g/mol. The van der Waals surface area contributed by atoms with Crippen LogP contribution in [0.5, 0.6) is 0 Å².